The van der Waals surface area contributed by atoms with E-state index in [2.05, 4.69) is 0 Å². The molecule has 0 spiro atoms. The van der Waals surface area contributed by atoms with Gasteiger partial charge in [-0.05, 0) is 37.5 Å². The molecule has 1 saturated carbocycles. The number of rotatable bonds is 5. The molecule has 1 fully saturated rings. The molecule has 0 aliphatic heterocycles. The van der Waals surface area contributed by atoms with Crippen molar-refractivity contribution >= 4 is 5.97 Å². The molecule has 0 heterocycles. The highest BCUT2D eigenvalue weighted by Crippen LogP contribution is 2.32. The quantitative estimate of drug-likeness (QED) is 0.796. The van der Waals surface area contributed by atoms with Gasteiger partial charge in [0.05, 0.1) is 13.2 Å². The highest BCUT2D eigenvalue weighted by Gasteiger charge is 2.44. The van der Waals surface area contributed by atoms with Crippen molar-refractivity contribution in [1.82, 2.24) is 0 Å². The average Bonchev–Trinajstić information content (AvgIpc) is 2.83. The van der Waals surface area contributed by atoms with Gasteiger partial charge in [0, 0.05) is 6.42 Å². The van der Waals surface area contributed by atoms with Crippen LogP contribution in [0.2, 0.25) is 0 Å². The highest BCUT2D eigenvalue weighted by atomic mass is 16.5. The smallest absolute Gasteiger partial charge is 0.326 e. The Morgan fingerprint density at radius 1 is 1.45 bits per heavy atom. The van der Waals surface area contributed by atoms with Crippen molar-refractivity contribution in [3.05, 3.63) is 29.8 Å². The van der Waals surface area contributed by atoms with Gasteiger partial charge in [0.15, 0.2) is 0 Å². The van der Waals surface area contributed by atoms with Crippen LogP contribution in [0.1, 0.15) is 31.7 Å². The van der Waals surface area contributed by atoms with Gasteiger partial charge in [-0.1, -0.05) is 12.1 Å². The van der Waals surface area contributed by atoms with Gasteiger partial charge in [-0.15, -0.1) is 0 Å². The van der Waals surface area contributed by atoms with Gasteiger partial charge in [0.1, 0.15) is 17.4 Å². The van der Waals surface area contributed by atoms with Crippen LogP contribution in [0.4, 0.5) is 0 Å². The van der Waals surface area contributed by atoms with Crippen LogP contribution in [-0.4, -0.2) is 29.3 Å². The summed E-state index contributed by atoms with van der Waals surface area (Å²) in [5.74, 6) is 0.377. The van der Waals surface area contributed by atoms with Crippen molar-refractivity contribution in [1.29, 1.82) is 0 Å². The third-order valence-corrected chi connectivity index (χ3v) is 3.59. The van der Waals surface area contributed by atoms with E-state index in [1.54, 1.807) is 6.92 Å². The Balaban J connectivity index is 1.93. The van der Waals surface area contributed by atoms with Crippen LogP contribution in [-0.2, 0) is 16.1 Å². The largest absolute Gasteiger partial charge is 0.490 e. The average molecular weight is 279 g/mol. The Kier molecular flexibility index (Phi) is 4.62. The zero-order valence-electron chi connectivity index (χ0n) is 11.7. The summed E-state index contributed by atoms with van der Waals surface area (Å²) in [7, 11) is 0. The summed E-state index contributed by atoms with van der Waals surface area (Å²) in [6, 6.07) is 7.25. The number of aliphatic hydroxyl groups is 1. The van der Waals surface area contributed by atoms with Crippen molar-refractivity contribution in [3.8, 4) is 5.75 Å². The number of nitrogens with two attached hydrogens (primary N) is 1. The number of hydrogen-bond donors (Lipinski definition) is 2. The molecule has 2 rings (SSSR count). The lowest BCUT2D eigenvalue weighted by atomic mass is 9.99. The first-order chi connectivity index (χ1) is 9.57. The number of hydrogen-bond acceptors (Lipinski definition) is 5. The van der Waals surface area contributed by atoms with E-state index >= 15 is 0 Å². The van der Waals surface area contributed by atoms with E-state index in [0.717, 1.165) is 17.7 Å². The van der Waals surface area contributed by atoms with Gasteiger partial charge < -0.3 is 20.3 Å². The molecule has 0 aromatic heterocycles. The maximum Gasteiger partial charge on any atom is 0.326 e. The first kappa shape index (κ1) is 14.8. The second kappa shape index (κ2) is 6.24. The third kappa shape index (κ3) is 3.29. The molecule has 0 bridgehead atoms. The van der Waals surface area contributed by atoms with Crippen molar-refractivity contribution < 1.29 is 19.4 Å². The molecule has 0 saturated heterocycles. The van der Waals surface area contributed by atoms with E-state index < -0.39 is 5.54 Å². The molecule has 5 heteroatoms. The molecule has 0 radical (unpaired) electrons. The summed E-state index contributed by atoms with van der Waals surface area (Å²) in [6.07, 6.45) is 1.69. The van der Waals surface area contributed by atoms with Crippen LogP contribution in [0.5, 0.6) is 5.75 Å². The maximum atomic E-state index is 11.8. The summed E-state index contributed by atoms with van der Waals surface area (Å²) in [5.41, 5.74) is 6.00. The Hall–Kier alpha value is -1.59. The minimum Gasteiger partial charge on any atom is -0.490 e. The normalized spacial score (nSPS) is 25.4. The fraction of sp³-hybridized carbons (Fsp3) is 0.533. The van der Waals surface area contributed by atoms with Crippen LogP contribution in [0, 0.1) is 0 Å². The second-order valence-corrected chi connectivity index (χ2v) is 5.16. The number of benzene rings is 1. The summed E-state index contributed by atoms with van der Waals surface area (Å²) in [5, 5.41) is 8.98. The van der Waals surface area contributed by atoms with Crippen molar-refractivity contribution in [2.24, 2.45) is 5.73 Å². The molecule has 1 aliphatic rings. The zero-order valence-corrected chi connectivity index (χ0v) is 11.7. The molecule has 1 aromatic rings. The summed E-state index contributed by atoms with van der Waals surface area (Å²) in [4.78, 5) is 11.8. The topological polar surface area (TPSA) is 81.8 Å². The molecule has 5 nitrogen and oxygen atoms in total. The van der Waals surface area contributed by atoms with Crippen LogP contribution in [0.3, 0.4) is 0 Å². The number of aliphatic hydroxyl groups excluding tert-OH is 1. The van der Waals surface area contributed by atoms with Gasteiger partial charge in [0.2, 0.25) is 0 Å². The minimum atomic E-state index is -0.925. The van der Waals surface area contributed by atoms with Gasteiger partial charge in [-0.25, -0.2) is 0 Å². The molecular formula is C15H21NO4. The molecule has 3 N–H and O–H groups in total. The van der Waals surface area contributed by atoms with E-state index in [1.165, 1.54) is 0 Å². The van der Waals surface area contributed by atoms with Crippen LogP contribution < -0.4 is 10.5 Å². The van der Waals surface area contributed by atoms with E-state index in [1.807, 2.05) is 24.3 Å². The Bertz CT molecular complexity index is 459. The van der Waals surface area contributed by atoms with Crippen molar-refractivity contribution in [2.75, 3.05) is 6.61 Å². The van der Waals surface area contributed by atoms with Gasteiger partial charge >= 0.3 is 5.97 Å². The van der Waals surface area contributed by atoms with Gasteiger partial charge in [-0.3, -0.25) is 4.79 Å². The molecule has 1 aromatic carbocycles. The van der Waals surface area contributed by atoms with E-state index in [-0.39, 0.29) is 18.7 Å². The number of carbonyl (C=O) groups excluding carboxylic acids is 1. The summed E-state index contributed by atoms with van der Waals surface area (Å²) < 4.78 is 10.8. The second-order valence-electron chi connectivity index (χ2n) is 5.16. The third-order valence-electron chi connectivity index (χ3n) is 3.59. The standard InChI is InChI=1S/C15H21NO4/c1-2-19-14(18)15(16)8-7-13(9-15)20-12-5-3-11(10-17)4-6-12/h3-6,13,17H,2,7-10,16H2,1H3. The number of ether oxygens (including phenoxy) is 2. The van der Waals surface area contributed by atoms with Crippen LogP contribution in [0.25, 0.3) is 0 Å². The van der Waals surface area contributed by atoms with Gasteiger partial charge in [0.25, 0.3) is 0 Å². The molecule has 0 amide bonds. The maximum absolute atomic E-state index is 11.8. The predicted molar refractivity (Wildman–Crippen MR) is 74.2 cm³/mol. The lowest BCUT2D eigenvalue weighted by Gasteiger charge is -2.21. The lowest BCUT2D eigenvalue weighted by Crippen LogP contribution is -2.47. The van der Waals surface area contributed by atoms with Crippen LogP contribution in [0.15, 0.2) is 24.3 Å². The molecule has 1 aliphatic carbocycles. The summed E-state index contributed by atoms with van der Waals surface area (Å²) in [6.45, 7) is 2.12. The zero-order chi connectivity index (χ0) is 14.6. The minimum absolute atomic E-state index is 0.0124. The van der Waals surface area contributed by atoms with E-state index in [0.29, 0.717) is 19.4 Å². The molecule has 110 valence electrons. The Labute approximate surface area is 118 Å². The van der Waals surface area contributed by atoms with E-state index in [9.17, 15) is 4.79 Å². The molecule has 20 heavy (non-hydrogen) atoms. The first-order valence-corrected chi connectivity index (χ1v) is 6.90. The van der Waals surface area contributed by atoms with Gasteiger partial charge in [-0.2, -0.15) is 0 Å². The van der Waals surface area contributed by atoms with Crippen LogP contribution >= 0.6 is 0 Å². The SMILES string of the molecule is CCOC(=O)C1(N)CCC(Oc2ccc(CO)cc2)C1. The summed E-state index contributed by atoms with van der Waals surface area (Å²) >= 11 is 0. The predicted octanol–water partition coefficient (Wildman–Crippen LogP) is 1.37. The highest BCUT2D eigenvalue weighted by molar-refractivity contribution is 5.81. The number of esters is 1. The lowest BCUT2D eigenvalue weighted by molar-refractivity contribution is -0.149. The molecular weight excluding hydrogens is 258 g/mol. The van der Waals surface area contributed by atoms with Crippen molar-refractivity contribution in [3.63, 3.8) is 0 Å². The molecule has 2 unspecified atom stereocenters. The fourth-order valence-electron chi connectivity index (χ4n) is 2.46. The van der Waals surface area contributed by atoms with E-state index in [4.69, 9.17) is 20.3 Å². The monoisotopic (exact) mass is 279 g/mol. The molecule has 2 atom stereocenters. The fourth-order valence-corrected chi connectivity index (χ4v) is 2.46. The number of carbonyl (C=O) groups is 1. The Morgan fingerprint density at radius 2 is 2.15 bits per heavy atom. The first-order valence-electron chi connectivity index (χ1n) is 6.90. The van der Waals surface area contributed by atoms with Crippen molar-refractivity contribution in [2.45, 2.75) is 44.4 Å². The Morgan fingerprint density at radius 3 is 2.75 bits per heavy atom.